The molecule has 0 heterocycles. The Hall–Kier alpha value is -2.19. The zero-order chi connectivity index (χ0) is 20.0. The molecule has 27 heavy (non-hydrogen) atoms. The quantitative estimate of drug-likeness (QED) is 0.223. The fraction of sp³-hybridized carbons (Fsp3) is 0.556. The molecule has 0 radical (unpaired) electrons. The Labute approximate surface area is 152 Å². The SMILES string of the molecule is O=C(CCCC(=O)Oc1c(F)c(F)c(F)c(F)c1F)OCC1CCCCC1. The zero-order valence-electron chi connectivity index (χ0n) is 14.5. The van der Waals surface area contributed by atoms with Gasteiger partial charge in [-0.25, -0.2) is 13.2 Å². The summed E-state index contributed by atoms with van der Waals surface area (Å²) in [6, 6.07) is 0. The molecule has 0 spiro atoms. The van der Waals surface area contributed by atoms with E-state index < -0.39 is 53.2 Å². The predicted molar refractivity (Wildman–Crippen MR) is 83.3 cm³/mol. The summed E-state index contributed by atoms with van der Waals surface area (Å²) in [6.45, 7) is 0.313. The first-order valence-corrected chi connectivity index (χ1v) is 8.69. The second kappa shape index (κ2) is 9.66. The van der Waals surface area contributed by atoms with Crippen molar-refractivity contribution in [2.75, 3.05) is 6.61 Å². The van der Waals surface area contributed by atoms with Crippen LogP contribution in [-0.2, 0) is 14.3 Å². The summed E-state index contributed by atoms with van der Waals surface area (Å²) in [5, 5.41) is 0. The van der Waals surface area contributed by atoms with E-state index in [9.17, 15) is 31.5 Å². The van der Waals surface area contributed by atoms with Gasteiger partial charge in [-0.05, 0) is 25.2 Å². The standard InChI is InChI=1S/C18H19F5O4/c19-13-14(20)16(22)18(17(23)15(13)21)27-12(25)8-4-7-11(24)26-9-10-5-2-1-3-6-10/h10H,1-9H2. The van der Waals surface area contributed by atoms with Crippen LogP contribution in [0.4, 0.5) is 22.0 Å². The van der Waals surface area contributed by atoms with E-state index in [1.54, 1.807) is 0 Å². The van der Waals surface area contributed by atoms with Crippen LogP contribution < -0.4 is 4.74 Å². The van der Waals surface area contributed by atoms with E-state index in [4.69, 9.17) is 4.74 Å². The lowest BCUT2D eigenvalue weighted by Gasteiger charge is -2.20. The van der Waals surface area contributed by atoms with Gasteiger partial charge in [-0.3, -0.25) is 9.59 Å². The summed E-state index contributed by atoms with van der Waals surface area (Å²) in [5.74, 6) is -14.3. The number of halogens is 5. The molecule has 150 valence electrons. The molecule has 1 aliphatic rings. The van der Waals surface area contributed by atoms with Gasteiger partial charge < -0.3 is 9.47 Å². The molecule has 0 amide bonds. The Kier molecular flexibility index (Phi) is 7.55. The molecular weight excluding hydrogens is 375 g/mol. The van der Waals surface area contributed by atoms with Gasteiger partial charge in [0, 0.05) is 12.8 Å². The number of carbonyl (C=O) groups is 2. The molecule has 1 saturated carbocycles. The van der Waals surface area contributed by atoms with Crippen molar-refractivity contribution >= 4 is 11.9 Å². The molecule has 1 aliphatic carbocycles. The molecular formula is C18H19F5O4. The van der Waals surface area contributed by atoms with Crippen molar-refractivity contribution in [3.63, 3.8) is 0 Å². The number of carbonyl (C=O) groups excluding carboxylic acids is 2. The normalized spacial score (nSPS) is 14.9. The fourth-order valence-corrected chi connectivity index (χ4v) is 2.85. The average Bonchev–Trinajstić information content (AvgIpc) is 2.67. The van der Waals surface area contributed by atoms with Gasteiger partial charge in [-0.1, -0.05) is 19.3 Å². The molecule has 1 aromatic carbocycles. The summed E-state index contributed by atoms with van der Waals surface area (Å²) in [5.41, 5.74) is 0. The van der Waals surface area contributed by atoms with Gasteiger partial charge in [0.15, 0.2) is 0 Å². The molecule has 0 atom stereocenters. The lowest BCUT2D eigenvalue weighted by Crippen LogP contribution is -2.17. The predicted octanol–water partition coefficient (Wildman–Crippen LogP) is 4.58. The zero-order valence-corrected chi connectivity index (χ0v) is 14.5. The van der Waals surface area contributed by atoms with Crippen molar-refractivity contribution in [1.82, 2.24) is 0 Å². The minimum atomic E-state index is -2.34. The highest BCUT2D eigenvalue weighted by atomic mass is 19.2. The Morgan fingerprint density at radius 3 is 1.89 bits per heavy atom. The van der Waals surface area contributed by atoms with Crippen LogP contribution in [-0.4, -0.2) is 18.5 Å². The highest BCUT2D eigenvalue weighted by molar-refractivity contribution is 5.74. The summed E-state index contributed by atoms with van der Waals surface area (Å²) in [6.07, 6.45) is 4.77. The van der Waals surface area contributed by atoms with E-state index in [0.29, 0.717) is 12.5 Å². The first kappa shape index (κ1) is 21.1. The summed E-state index contributed by atoms with van der Waals surface area (Å²) < 4.78 is 75.2. The lowest BCUT2D eigenvalue weighted by atomic mass is 9.90. The Morgan fingerprint density at radius 1 is 0.778 bits per heavy atom. The number of hydrogen-bond donors (Lipinski definition) is 0. The Balaban J connectivity index is 1.77. The molecule has 0 saturated heterocycles. The third kappa shape index (κ3) is 5.64. The third-order valence-corrected chi connectivity index (χ3v) is 4.35. The second-order valence-corrected chi connectivity index (χ2v) is 6.41. The number of esters is 2. The van der Waals surface area contributed by atoms with Crippen molar-refractivity contribution in [3.05, 3.63) is 29.1 Å². The summed E-state index contributed by atoms with van der Waals surface area (Å²) >= 11 is 0. The van der Waals surface area contributed by atoms with E-state index >= 15 is 0 Å². The first-order valence-electron chi connectivity index (χ1n) is 8.69. The van der Waals surface area contributed by atoms with Crippen LogP contribution in [0.3, 0.4) is 0 Å². The van der Waals surface area contributed by atoms with E-state index in [1.807, 2.05) is 0 Å². The van der Waals surface area contributed by atoms with Crippen molar-refractivity contribution in [2.45, 2.75) is 51.4 Å². The highest BCUT2D eigenvalue weighted by Crippen LogP contribution is 2.29. The second-order valence-electron chi connectivity index (χ2n) is 6.41. The molecule has 9 heteroatoms. The van der Waals surface area contributed by atoms with Crippen molar-refractivity contribution < 1.29 is 41.0 Å². The maximum Gasteiger partial charge on any atom is 0.311 e. The average molecular weight is 394 g/mol. The van der Waals surface area contributed by atoms with E-state index in [1.165, 1.54) is 6.42 Å². The molecule has 0 bridgehead atoms. The van der Waals surface area contributed by atoms with Crippen LogP contribution >= 0.6 is 0 Å². The van der Waals surface area contributed by atoms with Crippen LogP contribution in [0.1, 0.15) is 51.4 Å². The van der Waals surface area contributed by atoms with E-state index in [2.05, 4.69) is 4.74 Å². The largest absolute Gasteiger partial charge is 0.465 e. The molecule has 0 aliphatic heterocycles. The van der Waals surface area contributed by atoms with Gasteiger partial charge in [0.25, 0.3) is 0 Å². The summed E-state index contributed by atoms with van der Waals surface area (Å²) in [7, 11) is 0. The Morgan fingerprint density at radius 2 is 1.30 bits per heavy atom. The number of benzene rings is 1. The van der Waals surface area contributed by atoms with Crippen LogP contribution in [0, 0.1) is 35.0 Å². The first-order chi connectivity index (χ1) is 12.8. The molecule has 0 unspecified atom stereocenters. The van der Waals surface area contributed by atoms with Gasteiger partial charge in [0.05, 0.1) is 6.61 Å². The van der Waals surface area contributed by atoms with Crippen molar-refractivity contribution in [2.24, 2.45) is 5.92 Å². The monoisotopic (exact) mass is 394 g/mol. The number of hydrogen-bond acceptors (Lipinski definition) is 4. The molecule has 1 fully saturated rings. The topological polar surface area (TPSA) is 52.6 Å². The van der Waals surface area contributed by atoms with E-state index in [-0.39, 0.29) is 12.8 Å². The minimum Gasteiger partial charge on any atom is -0.465 e. The van der Waals surface area contributed by atoms with Gasteiger partial charge in [0.1, 0.15) is 0 Å². The van der Waals surface area contributed by atoms with Crippen LogP contribution in [0.5, 0.6) is 5.75 Å². The van der Waals surface area contributed by atoms with Crippen LogP contribution in [0.25, 0.3) is 0 Å². The van der Waals surface area contributed by atoms with Crippen LogP contribution in [0.2, 0.25) is 0 Å². The molecule has 4 nitrogen and oxygen atoms in total. The van der Waals surface area contributed by atoms with Gasteiger partial charge >= 0.3 is 11.9 Å². The number of ether oxygens (including phenoxy) is 2. The molecule has 0 N–H and O–H groups in total. The lowest BCUT2D eigenvalue weighted by molar-refractivity contribution is -0.145. The van der Waals surface area contributed by atoms with Crippen LogP contribution in [0.15, 0.2) is 0 Å². The third-order valence-electron chi connectivity index (χ3n) is 4.35. The molecule has 0 aromatic heterocycles. The smallest absolute Gasteiger partial charge is 0.311 e. The van der Waals surface area contributed by atoms with Gasteiger partial charge in [-0.2, -0.15) is 8.78 Å². The fourth-order valence-electron chi connectivity index (χ4n) is 2.85. The number of rotatable bonds is 7. The maximum atomic E-state index is 13.4. The van der Waals surface area contributed by atoms with Crippen molar-refractivity contribution in [1.29, 1.82) is 0 Å². The summed E-state index contributed by atoms with van der Waals surface area (Å²) in [4.78, 5) is 23.2. The highest BCUT2D eigenvalue weighted by Gasteiger charge is 2.28. The minimum absolute atomic E-state index is 0.0439. The van der Waals surface area contributed by atoms with Gasteiger partial charge in [0.2, 0.25) is 34.8 Å². The maximum absolute atomic E-state index is 13.4. The Bertz CT molecular complexity index is 672. The van der Waals surface area contributed by atoms with E-state index in [0.717, 1.165) is 25.7 Å². The van der Waals surface area contributed by atoms with Gasteiger partial charge in [-0.15, -0.1) is 0 Å². The molecule has 2 rings (SSSR count). The van der Waals surface area contributed by atoms with Crippen molar-refractivity contribution in [3.8, 4) is 5.75 Å². The molecule has 1 aromatic rings.